The second kappa shape index (κ2) is 5.10. The van der Waals surface area contributed by atoms with Crippen LogP contribution in [0.5, 0.6) is 0 Å². The topological polar surface area (TPSA) is 55.4 Å². The molecular weight excluding hydrogens is 218 g/mol. The number of para-hydroxylation sites is 1. The zero-order valence-corrected chi connectivity index (χ0v) is 9.73. The third kappa shape index (κ3) is 2.71. The second-order valence-corrected chi connectivity index (χ2v) is 4.09. The highest BCUT2D eigenvalue weighted by molar-refractivity contribution is 6.04. The third-order valence-electron chi connectivity index (χ3n) is 2.79. The Morgan fingerprint density at radius 2 is 2.12 bits per heavy atom. The molecule has 2 rings (SSSR count). The monoisotopic (exact) mass is 233 g/mol. The molecule has 1 fully saturated rings. The predicted octanol–water partition coefficient (Wildman–Crippen LogP) is 2.01. The van der Waals surface area contributed by atoms with Crippen LogP contribution in [0.4, 0.5) is 5.69 Å². The molecule has 1 N–H and O–H groups in total. The fourth-order valence-corrected chi connectivity index (χ4v) is 1.90. The highest BCUT2D eigenvalue weighted by atomic mass is 16.5. The first kappa shape index (κ1) is 11.8. The molecule has 1 atom stereocenters. The number of hydrogen-bond acceptors (Lipinski definition) is 3. The Balaban J connectivity index is 2.12. The summed E-state index contributed by atoms with van der Waals surface area (Å²) in [4.78, 5) is 23.2. The van der Waals surface area contributed by atoms with Crippen LogP contribution >= 0.6 is 0 Å². The van der Waals surface area contributed by atoms with Gasteiger partial charge in [0.15, 0.2) is 5.78 Å². The first-order chi connectivity index (χ1) is 8.18. The van der Waals surface area contributed by atoms with Crippen molar-refractivity contribution < 1.29 is 14.3 Å². The Labute approximate surface area is 100.0 Å². The van der Waals surface area contributed by atoms with Crippen molar-refractivity contribution in [3.05, 3.63) is 29.8 Å². The molecule has 17 heavy (non-hydrogen) atoms. The Kier molecular flexibility index (Phi) is 3.54. The molecule has 0 radical (unpaired) electrons. The normalized spacial score (nSPS) is 19.0. The standard InChI is InChI=1S/C13H15NO3/c1-9(15)10-5-2-3-6-11(10)14-13(16)12-7-4-8-17-12/h2-3,5-6,12H,4,7-8H2,1H3,(H,14,16). The van der Waals surface area contributed by atoms with Gasteiger partial charge in [0.25, 0.3) is 5.91 Å². The fraction of sp³-hybridized carbons (Fsp3) is 0.385. The molecule has 1 aliphatic heterocycles. The first-order valence-electron chi connectivity index (χ1n) is 5.71. The van der Waals surface area contributed by atoms with Gasteiger partial charge >= 0.3 is 0 Å². The minimum Gasteiger partial charge on any atom is -0.368 e. The molecule has 1 unspecified atom stereocenters. The summed E-state index contributed by atoms with van der Waals surface area (Å²) in [5, 5.41) is 2.75. The number of anilines is 1. The molecule has 1 aliphatic rings. The highest BCUT2D eigenvalue weighted by Gasteiger charge is 2.24. The summed E-state index contributed by atoms with van der Waals surface area (Å²) < 4.78 is 5.29. The average molecular weight is 233 g/mol. The summed E-state index contributed by atoms with van der Waals surface area (Å²) in [5.74, 6) is -0.232. The van der Waals surface area contributed by atoms with Crippen molar-refractivity contribution in [2.75, 3.05) is 11.9 Å². The Morgan fingerprint density at radius 1 is 1.35 bits per heavy atom. The smallest absolute Gasteiger partial charge is 0.253 e. The number of benzene rings is 1. The quantitative estimate of drug-likeness (QED) is 0.812. The van der Waals surface area contributed by atoms with E-state index in [1.165, 1.54) is 6.92 Å². The van der Waals surface area contributed by atoms with Crippen molar-refractivity contribution in [1.82, 2.24) is 0 Å². The van der Waals surface area contributed by atoms with Crippen LogP contribution in [0.3, 0.4) is 0 Å². The lowest BCUT2D eigenvalue weighted by atomic mass is 10.1. The molecule has 1 amide bonds. The summed E-state index contributed by atoms with van der Waals surface area (Å²) in [6.45, 7) is 2.11. The van der Waals surface area contributed by atoms with Gasteiger partial charge in [-0.05, 0) is 31.9 Å². The van der Waals surface area contributed by atoms with Crippen LogP contribution in [-0.4, -0.2) is 24.4 Å². The van der Waals surface area contributed by atoms with Crippen molar-refractivity contribution in [3.8, 4) is 0 Å². The van der Waals surface area contributed by atoms with Crippen molar-refractivity contribution in [3.63, 3.8) is 0 Å². The fourth-order valence-electron chi connectivity index (χ4n) is 1.90. The number of ether oxygens (including phenoxy) is 1. The minimum atomic E-state index is -0.380. The largest absolute Gasteiger partial charge is 0.368 e. The zero-order valence-electron chi connectivity index (χ0n) is 9.73. The van der Waals surface area contributed by atoms with Crippen LogP contribution in [0.25, 0.3) is 0 Å². The molecule has 0 aliphatic carbocycles. The van der Waals surface area contributed by atoms with E-state index in [1.807, 2.05) is 0 Å². The van der Waals surface area contributed by atoms with Crippen molar-refractivity contribution >= 4 is 17.4 Å². The molecular formula is C13H15NO3. The van der Waals surface area contributed by atoms with Crippen molar-refractivity contribution in [2.24, 2.45) is 0 Å². The average Bonchev–Trinajstić information content (AvgIpc) is 2.83. The Hall–Kier alpha value is -1.68. The van der Waals surface area contributed by atoms with E-state index in [-0.39, 0.29) is 17.8 Å². The van der Waals surface area contributed by atoms with E-state index in [1.54, 1.807) is 24.3 Å². The molecule has 1 aromatic rings. The van der Waals surface area contributed by atoms with Gasteiger partial charge in [-0.25, -0.2) is 0 Å². The lowest BCUT2D eigenvalue weighted by Crippen LogP contribution is -2.27. The van der Waals surface area contributed by atoms with Crippen LogP contribution in [0.15, 0.2) is 24.3 Å². The van der Waals surface area contributed by atoms with Gasteiger partial charge in [0.2, 0.25) is 0 Å². The summed E-state index contributed by atoms with van der Waals surface area (Å²) >= 11 is 0. The lowest BCUT2D eigenvalue weighted by Gasteiger charge is -2.12. The third-order valence-corrected chi connectivity index (χ3v) is 2.79. The van der Waals surface area contributed by atoms with Crippen LogP contribution in [-0.2, 0) is 9.53 Å². The Bertz CT molecular complexity index is 436. The molecule has 1 saturated heterocycles. The number of hydrogen-bond donors (Lipinski definition) is 1. The van der Waals surface area contributed by atoms with Crippen LogP contribution < -0.4 is 5.32 Å². The number of rotatable bonds is 3. The number of carbonyl (C=O) groups excluding carboxylic acids is 2. The molecule has 90 valence electrons. The van der Waals surface area contributed by atoms with E-state index < -0.39 is 0 Å². The van der Waals surface area contributed by atoms with Gasteiger partial charge in [0.05, 0.1) is 5.69 Å². The molecule has 1 heterocycles. The van der Waals surface area contributed by atoms with Gasteiger partial charge in [-0.1, -0.05) is 12.1 Å². The van der Waals surface area contributed by atoms with E-state index in [0.717, 1.165) is 12.8 Å². The van der Waals surface area contributed by atoms with E-state index >= 15 is 0 Å². The summed E-state index contributed by atoms with van der Waals surface area (Å²) in [6.07, 6.45) is 1.27. The summed E-state index contributed by atoms with van der Waals surface area (Å²) in [7, 11) is 0. The lowest BCUT2D eigenvalue weighted by molar-refractivity contribution is -0.124. The minimum absolute atomic E-state index is 0.0618. The van der Waals surface area contributed by atoms with Gasteiger partial charge in [0, 0.05) is 12.2 Å². The first-order valence-corrected chi connectivity index (χ1v) is 5.71. The molecule has 4 nitrogen and oxygen atoms in total. The highest BCUT2D eigenvalue weighted by Crippen LogP contribution is 2.18. The number of carbonyl (C=O) groups is 2. The van der Waals surface area contributed by atoms with Crippen molar-refractivity contribution in [1.29, 1.82) is 0 Å². The van der Waals surface area contributed by atoms with Gasteiger partial charge < -0.3 is 10.1 Å². The maximum absolute atomic E-state index is 11.8. The zero-order chi connectivity index (χ0) is 12.3. The molecule has 0 bridgehead atoms. The van der Waals surface area contributed by atoms with Crippen LogP contribution in [0, 0.1) is 0 Å². The SMILES string of the molecule is CC(=O)c1ccccc1NC(=O)C1CCCO1. The Morgan fingerprint density at radius 3 is 2.76 bits per heavy atom. The van der Waals surface area contributed by atoms with Crippen LogP contribution in [0.1, 0.15) is 30.1 Å². The maximum atomic E-state index is 11.8. The summed E-state index contributed by atoms with van der Waals surface area (Å²) in [5.41, 5.74) is 1.08. The van der Waals surface area contributed by atoms with Gasteiger partial charge in [0.1, 0.15) is 6.10 Å². The van der Waals surface area contributed by atoms with Gasteiger partial charge in [-0.15, -0.1) is 0 Å². The second-order valence-electron chi connectivity index (χ2n) is 4.09. The van der Waals surface area contributed by atoms with E-state index in [4.69, 9.17) is 4.74 Å². The molecule has 1 aromatic carbocycles. The van der Waals surface area contributed by atoms with E-state index in [2.05, 4.69) is 5.32 Å². The van der Waals surface area contributed by atoms with Crippen LogP contribution in [0.2, 0.25) is 0 Å². The molecule has 0 spiro atoms. The molecule has 0 saturated carbocycles. The maximum Gasteiger partial charge on any atom is 0.253 e. The number of amides is 1. The molecule has 4 heteroatoms. The predicted molar refractivity (Wildman–Crippen MR) is 64.1 cm³/mol. The summed E-state index contributed by atoms with van der Waals surface area (Å²) in [6, 6.07) is 6.99. The van der Waals surface area contributed by atoms with Gasteiger partial charge in [-0.2, -0.15) is 0 Å². The molecule has 0 aromatic heterocycles. The number of Topliss-reactive ketones (excluding diaryl/α,β-unsaturated/α-hetero) is 1. The van der Waals surface area contributed by atoms with E-state index in [9.17, 15) is 9.59 Å². The number of ketones is 1. The number of nitrogens with one attached hydrogen (secondary N) is 1. The van der Waals surface area contributed by atoms with E-state index in [0.29, 0.717) is 17.9 Å². The van der Waals surface area contributed by atoms with Crippen molar-refractivity contribution in [2.45, 2.75) is 25.9 Å². The van der Waals surface area contributed by atoms with Gasteiger partial charge in [-0.3, -0.25) is 9.59 Å².